The highest BCUT2D eigenvalue weighted by molar-refractivity contribution is 5.79. The molecular formula is C8H10FN3O. The van der Waals surface area contributed by atoms with Crippen LogP contribution in [0.5, 0.6) is 0 Å². The zero-order valence-electron chi connectivity index (χ0n) is 7.08. The summed E-state index contributed by atoms with van der Waals surface area (Å²) in [5.74, 6) is -0.728. The number of nitrogens with two attached hydrogens (primary N) is 1. The van der Waals surface area contributed by atoms with E-state index >= 15 is 0 Å². The number of nitrogens with zero attached hydrogens (tertiary/aromatic N) is 1. The van der Waals surface area contributed by atoms with Crippen LogP contribution in [0, 0.1) is 12.7 Å². The molecule has 4 N–H and O–H groups in total. The molecule has 4 nitrogen and oxygen atoms in total. The number of hydrogen-bond acceptors (Lipinski definition) is 2. The minimum atomic E-state index is -0.483. The van der Waals surface area contributed by atoms with E-state index in [1.54, 1.807) is 18.5 Å². The minimum Gasteiger partial charge on any atom is -0.368 e. The molecule has 0 atom stereocenters. The van der Waals surface area contributed by atoms with Gasteiger partial charge in [0, 0.05) is 0 Å². The lowest BCUT2D eigenvalue weighted by Gasteiger charge is -2.00. The monoisotopic (exact) mass is 183 g/mol. The van der Waals surface area contributed by atoms with Gasteiger partial charge in [0.2, 0.25) is 5.96 Å². The summed E-state index contributed by atoms with van der Waals surface area (Å²) in [5.41, 5.74) is 7.73. The Hall–Kier alpha value is -1.62. The first-order valence-corrected chi connectivity index (χ1v) is 3.64. The van der Waals surface area contributed by atoms with Gasteiger partial charge < -0.3 is 5.73 Å². The van der Waals surface area contributed by atoms with Crippen LogP contribution < -0.4 is 11.2 Å². The second kappa shape index (κ2) is 3.86. The highest BCUT2D eigenvalue weighted by Gasteiger charge is 2.00. The van der Waals surface area contributed by atoms with Gasteiger partial charge in [-0.15, -0.1) is 0 Å². The Labute approximate surface area is 74.9 Å². The van der Waals surface area contributed by atoms with Gasteiger partial charge >= 0.3 is 0 Å². The van der Waals surface area contributed by atoms with E-state index in [9.17, 15) is 4.39 Å². The van der Waals surface area contributed by atoms with Crippen LogP contribution in [0.2, 0.25) is 0 Å². The molecule has 0 spiro atoms. The molecule has 5 heteroatoms. The Morgan fingerprint density at radius 1 is 1.62 bits per heavy atom. The molecule has 70 valence electrons. The first kappa shape index (κ1) is 9.47. The van der Waals surface area contributed by atoms with Crippen LogP contribution in [-0.2, 0) is 0 Å². The van der Waals surface area contributed by atoms with Crippen molar-refractivity contribution in [1.29, 1.82) is 0 Å². The molecule has 0 aliphatic heterocycles. The third kappa shape index (κ3) is 2.41. The molecule has 0 radical (unpaired) electrons. The van der Waals surface area contributed by atoms with Gasteiger partial charge in [-0.3, -0.25) is 5.21 Å². The fraction of sp³-hybridized carbons (Fsp3) is 0.125. The first-order chi connectivity index (χ1) is 6.13. The fourth-order valence-corrected chi connectivity index (χ4v) is 0.863. The van der Waals surface area contributed by atoms with Crippen molar-refractivity contribution in [1.82, 2.24) is 5.48 Å². The SMILES string of the molecule is Cc1ccc(F)c(N=C(N)NO)c1. The summed E-state index contributed by atoms with van der Waals surface area (Å²) in [5, 5.41) is 8.33. The maximum atomic E-state index is 13.0. The highest BCUT2D eigenvalue weighted by Crippen LogP contribution is 2.18. The van der Waals surface area contributed by atoms with Crippen molar-refractivity contribution in [3.8, 4) is 0 Å². The van der Waals surface area contributed by atoms with Crippen LogP contribution in [0.15, 0.2) is 23.2 Å². The van der Waals surface area contributed by atoms with Crippen molar-refractivity contribution in [2.45, 2.75) is 6.92 Å². The minimum absolute atomic E-state index is 0.0963. The summed E-state index contributed by atoms with van der Waals surface area (Å²) in [6.45, 7) is 1.81. The van der Waals surface area contributed by atoms with Gasteiger partial charge in [-0.05, 0) is 24.6 Å². The summed E-state index contributed by atoms with van der Waals surface area (Å²) >= 11 is 0. The number of hydroxylamine groups is 1. The number of guanidine groups is 1. The average molecular weight is 183 g/mol. The molecule has 0 heterocycles. The molecule has 0 bridgehead atoms. The maximum absolute atomic E-state index is 13.0. The van der Waals surface area contributed by atoms with E-state index in [2.05, 4.69) is 4.99 Å². The molecule has 0 saturated carbocycles. The molecule has 13 heavy (non-hydrogen) atoms. The summed E-state index contributed by atoms with van der Waals surface area (Å²) in [7, 11) is 0. The number of halogens is 1. The van der Waals surface area contributed by atoms with E-state index in [1.807, 2.05) is 0 Å². The summed E-state index contributed by atoms with van der Waals surface area (Å²) in [6.07, 6.45) is 0. The van der Waals surface area contributed by atoms with Crippen LogP contribution in [0.3, 0.4) is 0 Å². The third-order valence-corrected chi connectivity index (χ3v) is 1.46. The highest BCUT2D eigenvalue weighted by atomic mass is 19.1. The van der Waals surface area contributed by atoms with E-state index in [0.717, 1.165) is 5.56 Å². The van der Waals surface area contributed by atoms with Crippen molar-refractivity contribution >= 4 is 11.6 Å². The number of nitrogens with one attached hydrogen (secondary N) is 1. The molecule has 0 saturated heterocycles. The number of aryl methyl sites for hydroxylation is 1. The average Bonchev–Trinajstić information content (AvgIpc) is 2.11. The molecule has 1 aromatic carbocycles. The Bertz CT molecular complexity index is 338. The van der Waals surface area contributed by atoms with Crippen molar-refractivity contribution in [3.63, 3.8) is 0 Å². The van der Waals surface area contributed by atoms with Crippen molar-refractivity contribution in [2.75, 3.05) is 0 Å². The fourth-order valence-electron chi connectivity index (χ4n) is 0.863. The van der Waals surface area contributed by atoms with E-state index in [0.29, 0.717) is 0 Å². The Kier molecular flexibility index (Phi) is 2.81. The molecule has 0 aromatic heterocycles. The smallest absolute Gasteiger partial charge is 0.218 e. The predicted molar refractivity (Wildman–Crippen MR) is 47.3 cm³/mol. The van der Waals surface area contributed by atoms with Gasteiger partial charge in [0.25, 0.3) is 0 Å². The summed E-state index contributed by atoms with van der Waals surface area (Å²) in [6, 6.07) is 4.44. The lowest BCUT2D eigenvalue weighted by Crippen LogP contribution is -2.27. The quantitative estimate of drug-likeness (QED) is 0.346. The standard InChI is InChI=1S/C8H10FN3O/c1-5-2-3-6(9)7(4-5)11-8(10)12-13/h2-4,13H,1H3,(H3,10,11,12). The topological polar surface area (TPSA) is 70.6 Å². The van der Waals surface area contributed by atoms with Gasteiger partial charge in [0.05, 0.1) is 0 Å². The van der Waals surface area contributed by atoms with Crippen LogP contribution in [0.4, 0.5) is 10.1 Å². The van der Waals surface area contributed by atoms with E-state index in [1.165, 1.54) is 12.1 Å². The predicted octanol–water partition coefficient (Wildman–Crippen LogP) is 1.06. The van der Waals surface area contributed by atoms with Gasteiger partial charge in [-0.25, -0.2) is 14.9 Å². The molecule has 1 rings (SSSR count). The molecule has 0 unspecified atom stereocenters. The largest absolute Gasteiger partial charge is 0.368 e. The van der Waals surface area contributed by atoms with Gasteiger partial charge in [-0.1, -0.05) is 6.07 Å². The van der Waals surface area contributed by atoms with Gasteiger partial charge in [-0.2, -0.15) is 0 Å². The second-order valence-electron chi connectivity index (χ2n) is 2.56. The zero-order valence-corrected chi connectivity index (χ0v) is 7.08. The first-order valence-electron chi connectivity index (χ1n) is 3.64. The molecule has 0 fully saturated rings. The van der Waals surface area contributed by atoms with Gasteiger partial charge in [0.1, 0.15) is 11.5 Å². The number of rotatable bonds is 1. The van der Waals surface area contributed by atoms with Crippen molar-refractivity contribution < 1.29 is 9.60 Å². The summed E-state index contributed by atoms with van der Waals surface area (Å²) < 4.78 is 13.0. The Morgan fingerprint density at radius 2 is 2.31 bits per heavy atom. The lowest BCUT2D eigenvalue weighted by molar-refractivity contribution is 0.233. The summed E-state index contributed by atoms with van der Waals surface area (Å²) in [4.78, 5) is 3.60. The molecule has 0 amide bonds. The Balaban J connectivity index is 3.07. The normalized spacial score (nSPS) is 11.5. The number of hydrogen-bond donors (Lipinski definition) is 3. The molecule has 0 aliphatic carbocycles. The zero-order chi connectivity index (χ0) is 9.84. The number of aliphatic imine (C=N–C) groups is 1. The van der Waals surface area contributed by atoms with Crippen LogP contribution >= 0.6 is 0 Å². The molecule has 1 aromatic rings. The van der Waals surface area contributed by atoms with Crippen molar-refractivity contribution in [3.05, 3.63) is 29.6 Å². The number of benzene rings is 1. The van der Waals surface area contributed by atoms with Crippen molar-refractivity contribution in [2.24, 2.45) is 10.7 Å². The third-order valence-electron chi connectivity index (χ3n) is 1.46. The molecule has 0 aliphatic rings. The van der Waals surface area contributed by atoms with E-state index in [4.69, 9.17) is 10.9 Å². The Morgan fingerprint density at radius 3 is 2.92 bits per heavy atom. The van der Waals surface area contributed by atoms with Crippen LogP contribution in [-0.4, -0.2) is 11.2 Å². The van der Waals surface area contributed by atoms with E-state index in [-0.39, 0.29) is 11.6 Å². The van der Waals surface area contributed by atoms with E-state index < -0.39 is 5.82 Å². The van der Waals surface area contributed by atoms with Gasteiger partial charge in [0.15, 0.2) is 0 Å². The van der Waals surface area contributed by atoms with Crippen LogP contribution in [0.25, 0.3) is 0 Å². The maximum Gasteiger partial charge on any atom is 0.218 e. The lowest BCUT2D eigenvalue weighted by atomic mass is 10.2. The molecular weight excluding hydrogens is 173 g/mol. The van der Waals surface area contributed by atoms with Crippen LogP contribution in [0.1, 0.15) is 5.56 Å². The second-order valence-corrected chi connectivity index (χ2v) is 2.56.